The highest BCUT2D eigenvalue weighted by atomic mass is 32.2. The first-order chi connectivity index (χ1) is 3.43. The Morgan fingerprint density at radius 2 is 2.57 bits per heavy atom. The molecule has 3 heteroatoms. The van der Waals surface area contributed by atoms with Crippen LogP contribution in [0.5, 0.6) is 0 Å². The van der Waals surface area contributed by atoms with Gasteiger partial charge in [-0.25, -0.2) is 5.43 Å². The maximum atomic E-state index is 5.16. The highest BCUT2D eigenvalue weighted by Gasteiger charge is 2.11. The molecule has 0 aromatic carbocycles. The fraction of sp³-hybridized carbons (Fsp3) is 1.00. The van der Waals surface area contributed by atoms with Crippen LogP contribution in [0.25, 0.3) is 0 Å². The van der Waals surface area contributed by atoms with Gasteiger partial charge < -0.3 is 0 Å². The summed E-state index contributed by atoms with van der Waals surface area (Å²) in [6.07, 6.45) is 2.56. The van der Waals surface area contributed by atoms with Crippen LogP contribution >= 0.6 is 11.8 Å². The molecule has 1 rings (SSSR count). The van der Waals surface area contributed by atoms with Gasteiger partial charge >= 0.3 is 0 Å². The van der Waals surface area contributed by atoms with E-state index in [0.717, 1.165) is 0 Å². The van der Waals surface area contributed by atoms with Crippen LogP contribution in [0.4, 0.5) is 0 Å². The van der Waals surface area contributed by atoms with E-state index in [-0.39, 0.29) is 0 Å². The molecule has 0 aromatic heterocycles. The summed E-state index contributed by atoms with van der Waals surface area (Å²) >= 11 is 1.91. The van der Waals surface area contributed by atoms with Crippen LogP contribution in [0.2, 0.25) is 0 Å². The number of hydrazine groups is 1. The second-order valence-electron chi connectivity index (χ2n) is 1.67. The van der Waals surface area contributed by atoms with Gasteiger partial charge in [-0.3, -0.25) is 5.84 Å². The highest BCUT2D eigenvalue weighted by molar-refractivity contribution is 8.00. The Balaban J connectivity index is 2.14. The summed E-state index contributed by atoms with van der Waals surface area (Å²) < 4.78 is 0. The maximum Gasteiger partial charge on any atom is 0.0663 e. The average molecular weight is 118 g/mol. The van der Waals surface area contributed by atoms with Crippen molar-refractivity contribution >= 4 is 11.8 Å². The van der Waals surface area contributed by atoms with Gasteiger partial charge in [-0.05, 0) is 18.6 Å². The standard InChI is InChI=1S/C4H10N2S/c5-6-4-2-1-3-7-4/h4,6H,1-3,5H2. The summed E-state index contributed by atoms with van der Waals surface area (Å²) in [4.78, 5) is 0. The molecule has 2 nitrogen and oxygen atoms in total. The van der Waals surface area contributed by atoms with Gasteiger partial charge in [0.05, 0.1) is 5.37 Å². The first-order valence-corrected chi connectivity index (χ1v) is 3.56. The third-order valence-corrected chi connectivity index (χ3v) is 2.41. The Kier molecular flexibility index (Phi) is 1.97. The van der Waals surface area contributed by atoms with Gasteiger partial charge in [0.25, 0.3) is 0 Å². The van der Waals surface area contributed by atoms with Gasteiger partial charge in [0, 0.05) is 0 Å². The van der Waals surface area contributed by atoms with Crippen molar-refractivity contribution in [2.75, 3.05) is 5.75 Å². The minimum Gasteiger partial charge on any atom is -0.270 e. The minimum atomic E-state index is 0.542. The van der Waals surface area contributed by atoms with E-state index in [4.69, 9.17) is 5.84 Å². The fourth-order valence-corrected chi connectivity index (χ4v) is 1.76. The molecule has 7 heavy (non-hydrogen) atoms. The maximum absolute atomic E-state index is 5.16. The lowest BCUT2D eigenvalue weighted by atomic mass is 10.3. The fourth-order valence-electron chi connectivity index (χ4n) is 0.709. The van der Waals surface area contributed by atoms with Gasteiger partial charge in [0.1, 0.15) is 0 Å². The van der Waals surface area contributed by atoms with E-state index in [1.165, 1.54) is 18.6 Å². The lowest BCUT2D eigenvalue weighted by molar-refractivity contribution is 0.653. The summed E-state index contributed by atoms with van der Waals surface area (Å²) in [7, 11) is 0. The molecule has 1 saturated heterocycles. The topological polar surface area (TPSA) is 38.0 Å². The third-order valence-electron chi connectivity index (χ3n) is 1.12. The summed E-state index contributed by atoms with van der Waals surface area (Å²) in [5, 5.41) is 0.542. The number of hydrogen-bond acceptors (Lipinski definition) is 3. The third kappa shape index (κ3) is 1.33. The van der Waals surface area contributed by atoms with Crippen LogP contribution in [0.1, 0.15) is 12.8 Å². The first-order valence-electron chi connectivity index (χ1n) is 2.51. The molecule has 0 saturated carbocycles. The zero-order chi connectivity index (χ0) is 5.11. The van der Waals surface area contributed by atoms with Crippen molar-refractivity contribution in [3.8, 4) is 0 Å². The van der Waals surface area contributed by atoms with E-state index in [1.54, 1.807) is 0 Å². The average Bonchev–Trinajstić information content (AvgIpc) is 2.14. The summed E-state index contributed by atoms with van der Waals surface area (Å²) in [5.74, 6) is 6.44. The predicted octanol–water partition coefficient (Wildman–Crippen LogP) is 0.303. The van der Waals surface area contributed by atoms with Crippen molar-refractivity contribution in [3.05, 3.63) is 0 Å². The van der Waals surface area contributed by atoms with Crippen LogP contribution in [-0.4, -0.2) is 11.1 Å². The Labute approximate surface area is 47.8 Å². The Bertz CT molecular complexity index is 51.7. The van der Waals surface area contributed by atoms with Crippen LogP contribution in [0, 0.1) is 0 Å². The molecule has 1 aliphatic heterocycles. The lowest BCUT2D eigenvalue weighted by Gasteiger charge is -2.02. The van der Waals surface area contributed by atoms with Gasteiger partial charge in [-0.1, -0.05) is 0 Å². The molecule has 1 atom stereocenters. The molecule has 0 radical (unpaired) electrons. The Morgan fingerprint density at radius 1 is 1.71 bits per heavy atom. The van der Waals surface area contributed by atoms with Crippen LogP contribution in [0.3, 0.4) is 0 Å². The zero-order valence-corrected chi connectivity index (χ0v) is 5.00. The molecule has 1 heterocycles. The molecule has 0 bridgehead atoms. The smallest absolute Gasteiger partial charge is 0.0663 e. The molecule has 1 fully saturated rings. The van der Waals surface area contributed by atoms with E-state index < -0.39 is 0 Å². The number of hydrogen-bond donors (Lipinski definition) is 2. The van der Waals surface area contributed by atoms with E-state index >= 15 is 0 Å². The van der Waals surface area contributed by atoms with Crippen LogP contribution < -0.4 is 11.3 Å². The number of thioether (sulfide) groups is 1. The monoisotopic (exact) mass is 118 g/mol. The van der Waals surface area contributed by atoms with E-state index in [1.807, 2.05) is 11.8 Å². The highest BCUT2D eigenvalue weighted by Crippen LogP contribution is 2.22. The number of rotatable bonds is 1. The molecule has 0 amide bonds. The number of nitrogens with two attached hydrogens (primary N) is 1. The lowest BCUT2D eigenvalue weighted by Crippen LogP contribution is -2.30. The van der Waals surface area contributed by atoms with Crippen molar-refractivity contribution in [1.82, 2.24) is 5.43 Å². The molecule has 42 valence electrons. The second-order valence-corrected chi connectivity index (χ2v) is 2.98. The minimum absolute atomic E-state index is 0.542. The quantitative estimate of drug-likeness (QED) is 0.384. The van der Waals surface area contributed by atoms with Crippen molar-refractivity contribution in [3.63, 3.8) is 0 Å². The molecule has 0 spiro atoms. The van der Waals surface area contributed by atoms with Gasteiger partial charge in [-0.15, -0.1) is 11.8 Å². The normalized spacial score (nSPS) is 31.3. The zero-order valence-electron chi connectivity index (χ0n) is 4.18. The van der Waals surface area contributed by atoms with Crippen molar-refractivity contribution in [2.45, 2.75) is 18.2 Å². The second kappa shape index (κ2) is 2.55. The molecule has 1 unspecified atom stereocenters. The summed E-state index contributed by atoms with van der Waals surface area (Å²) in [6.45, 7) is 0. The molecule has 0 aromatic rings. The molecule has 0 aliphatic carbocycles. The molecule has 1 aliphatic rings. The van der Waals surface area contributed by atoms with Crippen LogP contribution in [-0.2, 0) is 0 Å². The van der Waals surface area contributed by atoms with Gasteiger partial charge in [0.15, 0.2) is 0 Å². The van der Waals surface area contributed by atoms with E-state index in [9.17, 15) is 0 Å². The molecular formula is C4H10N2S. The van der Waals surface area contributed by atoms with Crippen LogP contribution in [0.15, 0.2) is 0 Å². The Morgan fingerprint density at radius 3 is 2.86 bits per heavy atom. The van der Waals surface area contributed by atoms with Gasteiger partial charge in [-0.2, -0.15) is 0 Å². The first kappa shape index (κ1) is 5.41. The molecule has 3 N–H and O–H groups in total. The largest absolute Gasteiger partial charge is 0.270 e. The van der Waals surface area contributed by atoms with E-state index in [0.29, 0.717) is 5.37 Å². The summed E-state index contributed by atoms with van der Waals surface area (Å²) in [5.41, 5.74) is 2.73. The van der Waals surface area contributed by atoms with E-state index in [2.05, 4.69) is 5.43 Å². The van der Waals surface area contributed by atoms with Crippen molar-refractivity contribution < 1.29 is 0 Å². The van der Waals surface area contributed by atoms with Crippen molar-refractivity contribution in [2.24, 2.45) is 5.84 Å². The van der Waals surface area contributed by atoms with Gasteiger partial charge in [0.2, 0.25) is 0 Å². The SMILES string of the molecule is NNC1CCCS1. The molecular weight excluding hydrogens is 108 g/mol. The van der Waals surface area contributed by atoms with Crippen molar-refractivity contribution in [1.29, 1.82) is 0 Å². The summed E-state index contributed by atoms with van der Waals surface area (Å²) in [6, 6.07) is 0. The number of nitrogens with one attached hydrogen (secondary N) is 1. The predicted molar refractivity (Wildman–Crippen MR) is 32.8 cm³/mol. The Hall–Kier alpha value is 0.270.